The van der Waals surface area contributed by atoms with Crippen LogP contribution in [0, 0.1) is 0 Å². The van der Waals surface area contributed by atoms with Crippen molar-refractivity contribution in [3.05, 3.63) is 21.9 Å². The SMILES string of the molecule is CCNC(=NCc1nc(C(C)(C)C)cs1)N1CCN(c2nc(CC)ns2)CC1.I. The lowest BCUT2D eigenvalue weighted by molar-refractivity contribution is 0.372. The molecule has 0 saturated carbocycles. The lowest BCUT2D eigenvalue weighted by atomic mass is 9.93. The normalized spacial score (nSPS) is 15.4. The second-order valence-corrected chi connectivity index (χ2v) is 9.54. The van der Waals surface area contributed by atoms with Gasteiger partial charge in [0.05, 0.1) is 12.2 Å². The summed E-state index contributed by atoms with van der Waals surface area (Å²) in [6.07, 6.45) is 0.890. The minimum atomic E-state index is 0. The highest BCUT2D eigenvalue weighted by molar-refractivity contribution is 14.0. The van der Waals surface area contributed by atoms with Crippen molar-refractivity contribution in [3.8, 4) is 0 Å². The van der Waals surface area contributed by atoms with Crippen molar-refractivity contribution in [2.45, 2.75) is 53.0 Å². The fourth-order valence-electron chi connectivity index (χ4n) is 2.92. The second-order valence-electron chi connectivity index (χ2n) is 7.87. The first kappa shape index (κ1) is 24.3. The minimum Gasteiger partial charge on any atom is -0.357 e. The molecule has 29 heavy (non-hydrogen) atoms. The standard InChI is InChI=1S/C19H31N7S2.HI/c1-6-15-23-18(28-24-15)26-10-8-25(9-11-26)17(20-7-2)21-12-16-22-14(13-27-16)19(3,4)5;/h13H,6-12H2,1-5H3,(H,20,21);1H. The van der Waals surface area contributed by atoms with Gasteiger partial charge in [-0.2, -0.15) is 4.37 Å². The number of thiazole rings is 1. The quantitative estimate of drug-likeness (QED) is 0.348. The van der Waals surface area contributed by atoms with Crippen LogP contribution in [0.5, 0.6) is 0 Å². The Hall–Kier alpha value is -1.01. The molecule has 1 aliphatic heterocycles. The summed E-state index contributed by atoms with van der Waals surface area (Å²) in [7, 11) is 0. The summed E-state index contributed by atoms with van der Waals surface area (Å²) in [5.74, 6) is 1.91. The molecule has 0 atom stereocenters. The van der Waals surface area contributed by atoms with Gasteiger partial charge in [0.25, 0.3) is 0 Å². The van der Waals surface area contributed by atoms with Crippen LogP contribution in [0.4, 0.5) is 5.13 Å². The number of hydrogen-bond acceptors (Lipinski definition) is 7. The summed E-state index contributed by atoms with van der Waals surface area (Å²) >= 11 is 3.20. The third kappa shape index (κ3) is 6.48. The van der Waals surface area contributed by atoms with Crippen LogP contribution in [0.3, 0.4) is 0 Å². The zero-order valence-electron chi connectivity index (χ0n) is 17.9. The number of guanidine groups is 1. The molecule has 0 unspecified atom stereocenters. The Morgan fingerprint density at radius 3 is 2.45 bits per heavy atom. The van der Waals surface area contributed by atoms with E-state index < -0.39 is 0 Å². The van der Waals surface area contributed by atoms with Crippen LogP contribution in [-0.4, -0.2) is 57.9 Å². The molecule has 2 aromatic heterocycles. The molecule has 3 heterocycles. The van der Waals surface area contributed by atoms with E-state index in [1.54, 1.807) is 11.3 Å². The lowest BCUT2D eigenvalue weighted by Gasteiger charge is -2.36. The summed E-state index contributed by atoms with van der Waals surface area (Å²) in [5.41, 5.74) is 1.23. The molecule has 7 nitrogen and oxygen atoms in total. The first-order valence-corrected chi connectivity index (χ1v) is 11.6. The zero-order chi connectivity index (χ0) is 20.1. The highest BCUT2D eigenvalue weighted by Gasteiger charge is 2.22. The van der Waals surface area contributed by atoms with Crippen molar-refractivity contribution in [2.24, 2.45) is 4.99 Å². The maximum atomic E-state index is 4.85. The van der Waals surface area contributed by atoms with Crippen LogP contribution in [0.1, 0.15) is 51.1 Å². The van der Waals surface area contributed by atoms with Gasteiger partial charge in [-0.1, -0.05) is 27.7 Å². The first-order chi connectivity index (χ1) is 13.4. The van der Waals surface area contributed by atoms with E-state index in [0.29, 0.717) is 6.54 Å². The largest absolute Gasteiger partial charge is 0.357 e. The summed E-state index contributed by atoms with van der Waals surface area (Å²) in [5, 5.41) is 7.70. The molecule has 10 heteroatoms. The van der Waals surface area contributed by atoms with Crippen molar-refractivity contribution < 1.29 is 0 Å². The van der Waals surface area contributed by atoms with Gasteiger partial charge in [0.15, 0.2) is 5.96 Å². The van der Waals surface area contributed by atoms with Gasteiger partial charge in [0.1, 0.15) is 10.8 Å². The summed E-state index contributed by atoms with van der Waals surface area (Å²) in [6, 6.07) is 0. The van der Waals surface area contributed by atoms with Gasteiger partial charge in [-0.3, -0.25) is 0 Å². The Balaban J connectivity index is 0.00000300. The van der Waals surface area contributed by atoms with E-state index in [1.165, 1.54) is 11.5 Å². The van der Waals surface area contributed by atoms with E-state index in [4.69, 9.17) is 9.98 Å². The number of aliphatic imine (C=N–C) groups is 1. The van der Waals surface area contributed by atoms with Crippen LogP contribution in [-0.2, 0) is 18.4 Å². The lowest BCUT2D eigenvalue weighted by Crippen LogP contribution is -2.52. The molecule has 162 valence electrons. The number of aromatic nitrogens is 3. The molecule has 0 amide bonds. The smallest absolute Gasteiger partial charge is 0.205 e. The number of piperazine rings is 1. The van der Waals surface area contributed by atoms with Gasteiger partial charge in [-0.15, -0.1) is 35.3 Å². The van der Waals surface area contributed by atoms with E-state index >= 15 is 0 Å². The Morgan fingerprint density at radius 2 is 1.90 bits per heavy atom. The monoisotopic (exact) mass is 549 g/mol. The number of nitrogens with one attached hydrogen (secondary N) is 1. The average Bonchev–Trinajstić information content (AvgIpc) is 3.34. The predicted molar refractivity (Wildman–Crippen MR) is 134 cm³/mol. The van der Waals surface area contributed by atoms with Gasteiger partial charge in [0, 0.05) is 61.5 Å². The van der Waals surface area contributed by atoms with Crippen LogP contribution in [0.15, 0.2) is 10.4 Å². The summed E-state index contributed by atoms with van der Waals surface area (Å²) in [4.78, 5) is 18.9. The van der Waals surface area contributed by atoms with E-state index in [-0.39, 0.29) is 29.4 Å². The number of nitrogens with zero attached hydrogens (tertiary/aromatic N) is 6. The number of aryl methyl sites for hydroxylation is 1. The topological polar surface area (TPSA) is 69.5 Å². The van der Waals surface area contributed by atoms with Crippen molar-refractivity contribution in [3.63, 3.8) is 0 Å². The maximum Gasteiger partial charge on any atom is 0.205 e. The van der Waals surface area contributed by atoms with Gasteiger partial charge in [0.2, 0.25) is 5.13 Å². The predicted octanol–water partition coefficient (Wildman–Crippen LogP) is 3.76. The van der Waals surface area contributed by atoms with E-state index in [2.05, 4.69) is 64.5 Å². The Labute approximate surface area is 199 Å². The van der Waals surface area contributed by atoms with Crippen LogP contribution >= 0.6 is 46.8 Å². The molecule has 0 bridgehead atoms. The number of halogens is 1. The highest BCUT2D eigenvalue weighted by Crippen LogP contribution is 2.24. The van der Waals surface area contributed by atoms with Crippen molar-refractivity contribution in [1.82, 2.24) is 24.6 Å². The fraction of sp³-hybridized carbons (Fsp3) is 0.684. The number of rotatable bonds is 5. The third-order valence-corrected chi connectivity index (χ3v) is 6.29. The fourth-order valence-corrected chi connectivity index (χ4v) is 4.67. The van der Waals surface area contributed by atoms with Crippen LogP contribution in [0.25, 0.3) is 0 Å². The van der Waals surface area contributed by atoms with Crippen molar-refractivity contribution in [2.75, 3.05) is 37.6 Å². The molecule has 3 rings (SSSR count). The van der Waals surface area contributed by atoms with E-state index in [0.717, 1.165) is 66.8 Å². The first-order valence-electron chi connectivity index (χ1n) is 9.96. The molecule has 2 aromatic rings. The molecule has 1 N–H and O–H groups in total. The van der Waals surface area contributed by atoms with Gasteiger partial charge < -0.3 is 15.1 Å². The van der Waals surface area contributed by atoms with Crippen LogP contribution in [0.2, 0.25) is 0 Å². The van der Waals surface area contributed by atoms with Crippen LogP contribution < -0.4 is 10.2 Å². The molecule has 0 spiro atoms. The van der Waals surface area contributed by atoms with Crippen molar-refractivity contribution >= 4 is 57.9 Å². The average molecular weight is 550 g/mol. The zero-order valence-corrected chi connectivity index (χ0v) is 21.9. The Kier molecular flexibility index (Phi) is 9.08. The summed E-state index contributed by atoms with van der Waals surface area (Å²) in [6.45, 7) is 16.0. The summed E-state index contributed by atoms with van der Waals surface area (Å²) < 4.78 is 4.41. The molecule has 1 saturated heterocycles. The second kappa shape index (κ2) is 10.9. The molecule has 0 radical (unpaired) electrons. The number of anilines is 1. The van der Waals surface area contributed by atoms with E-state index in [9.17, 15) is 0 Å². The van der Waals surface area contributed by atoms with Crippen molar-refractivity contribution in [1.29, 1.82) is 0 Å². The van der Waals surface area contributed by atoms with Gasteiger partial charge in [-0.25, -0.2) is 15.0 Å². The third-order valence-electron chi connectivity index (χ3n) is 4.64. The molecule has 0 aliphatic carbocycles. The Bertz CT molecular complexity index is 789. The molecule has 1 fully saturated rings. The van der Waals surface area contributed by atoms with Gasteiger partial charge >= 0.3 is 0 Å². The number of hydrogen-bond donors (Lipinski definition) is 1. The minimum absolute atomic E-state index is 0. The van der Waals surface area contributed by atoms with Gasteiger partial charge in [-0.05, 0) is 6.92 Å². The molecular formula is C19H32IN7S2. The molecule has 0 aromatic carbocycles. The maximum absolute atomic E-state index is 4.85. The molecular weight excluding hydrogens is 517 g/mol. The van der Waals surface area contributed by atoms with E-state index in [1.807, 2.05) is 0 Å². The highest BCUT2D eigenvalue weighted by atomic mass is 127. The Morgan fingerprint density at radius 1 is 1.17 bits per heavy atom. The molecule has 1 aliphatic rings.